The van der Waals surface area contributed by atoms with Gasteiger partial charge in [-0.25, -0.2) is 0 Å². The molecule has 0 saturated carbocycles. The first kappa shape index (κ1) is 21.5. The average molecular weight is 449 g/mol. The summed E-state index contributed by atoms with van der Waals surface area (Å²) in [6.45, 7) is 0. The third-order valence-electron chi connectivity index (χ3n) is 5.36. The van der Waals surface area contributed by atoms with Crippen molar-refractivity contribution in [2.45, 2.75) is 29.0 Å². The third kappa shape index (κ3) is 4.78. The largest absolute Gasteiger partial charge is 0.348 e. The monoisotopic (exact) mass is 449 g/mol. The van der Waals surface area contributed by atoms with E-state index < -0.39 is 27.1 Å². The van der Waals surface area contributed by atoms with Crippen LogP contribution in [0.15, 0.2) is 77.7 Å². The van der Waals surface area contributed by atoms with Crippen LogP contribution in [0, 0.1) is 20.2 Å². The minimum atomic E-state index is -0.741. The molecular formula is C23H19N3O5S. The number of nitrogens with one attached hydrogen (secondary N) is 1. The van der Waals surface area contributed by atoms with Crippen molar-refractivity contribution < 1.29 is 14.6 Å². The lowest BCUT2D eigenvalue weighted by Crippen LogP contribution is -2.46. The normalized spacial score (nSPS) is 17.2. The SMILES string of the molecule is O=C(N[C@@H]1Cc2ccccc2C[C@H]1Sc1ccccc1)c1cc([N+](=O)[O-])cc([N+](=O)[O-])c1. The summed E-state index contributed by atoms with van der Waals surface area (Å²) < 4.78 is 0. The second-order valence-corrected chi connectivity index (χ2v) is 8.79. The van der Waals surface area contributed by atoms with Gasteiger partial charge in [0.2, 0.25) is 0 Å². The molecular weight excluding hydrogens is 430 g/mol. The maximum Gasteiger partial charge on any atom is 0.277 e. The first-order chi connectivity index (χ1) is 15.4. The number of thioether (sulfide) groups is 1. The minimum Gasteiger partial charge on any atom is -0.348 e. The maximum atomic E-state index is 13.0. The minimum absolute atomic E-state index is 0.0323. The lowest BCUT2D eigenvalue weighted by atomic mass is 9.87. The van der Waals surface area contributed by atoms with Gasteiger partial charge in [-0.1, -0.05) is 42.5 Å². The highest BCUT2D eigenvalue weighted by Gasteiger charge is 2.31. The molecule has 2 atom stereocenters. The second kappa shape index (κ2) is 9.19. The molecule has 0 fully saturated rings. The van der Waals surface area contributed by atoms with E-state index in [1.807, 2.05) is 48.5 Å². The lowest BCUT2D eigenvalue weighted by Gasteiger charge is -2.33. The molecule has 4 rings (SSSR count). The summed E-state index contributed by atoms with van der Waals surface area (Å²) in [7, 11) is 0. The summed E-state index contributed by atoms with van der Waals surface area (Å²) in [4.78, 5) is 35.0. The Morgan fingerprint density at radius 1 is 0.844 bits per heavy atom. The standard InChI is InChI=1S/C23H19N3O5S/c27-23(17-10-18(25(28)29)14-19(11-17)26(30)31)24-21-12-15-6-4-5-7-16(15)13-22(21)32-20-8-2-1-3-9-20/h1-11,14,21-22H,12-13H2,(H,24,27)/t21-,22-/m1/s1. The van der Waals surface area contributed by atoms with Crippen LogP contribution in [-0.4, -0.2) is 27.0 Å². The van der Waals surface area contributed by atoms with Crippen LogP contribution in [-0.2, 0) is 12.8 Å². The van der Waals surface area contributed by atoms with Gasteiger partial charge < -0.3 is 5.32 Å². The Kier molecular flexibility index (Phi) is 6.18. The number of fused-ring (bicyclic) bond motifs is 1. The molecule has 0 saturated heterocycles. The number of non-ortho nitro benzene ring substituents is 2. The highest BCUT2D eigenvalue weighted by atomic mass is 32.2. The molecule has 1 N–H and O–H groups in total. The van der Waals surface area contributed by atoms with Crippen LogP contribution in [0.3, 0.4) is 0 Å². The fourth-order valence-electron chi connectivity index (χ4n) is 3.81. The van der Waals surface area contributed by atoms with Crippen molar-refractivity contribution in [3.63, 3.8) is 0 Å². The van der Waals surface area contributed by atoms with Gasteiger partial charge in [0.15, 0.2) is 0 Å². The number of carbonyl (C=O) groups excluding carboxylic acids is 1. The quantitative estimate of drug-likeness (QED) is 0.436. The van der Waals surface area contributed by atoms with E-state index in [9.17, 15) is 25.0 Å². The number of rotatable bonds is 6. The Morgan fingerprint density at radius 2 is 1.41 bits per heavy atom. The number of hydrogen-bond donors (Lipinski definition) is 1. The van der Waals surface area contributed by atoms with Gasteiger partial charge in [-0.2, -0.15) is 0 Å². The molecule has 0 radical (unpaired) electrons. The summed E-state index contributed by atoms with van der Waals surface area (Å²) in [5.41, 5.74) is 1.26. The Hall–Kier alpha value is -3.72. The van der Waals surface area contributed by atoms with Crippen LogP contribution >= 0.6 is 11.8 Å². The third-order valence-corrected chi connectivity index (χ3v) is 6.70. The summed E-state index contributed by atoms with van der Waals surface area (Å²) in [5.74, 6) is -0.570. The van der Waals surface area contributed by atoms with Crippen LogP contribution in [0.4, 0.5) is 11.4 Å². The second-order valence-electron chi connectivity index (χ2n) is 7.48. The van der Waals surface area contributed by atoms with Crippen molar-refractivity contribution in [3.05, 3.63) is 110 Å². The smallest absolute Gasteiger partial charge is 0.277 e. The van der Waals surface area contributed by atoms with E-state index in [1.54, 1.807) is 11.8 Å². The van der Waals surface area contributed by atoms with Crippen molar-refractivity contribution in [1.29, 1.82) is 0 Å². The number of nitro groups is 2. The predicted octanol–water partition coefficient (Wildman–Crippen LogP) is 4.56. The number of amides is 1. The highest BCUT2D eigenvalue weighted by Crippen LogP contribution is 2.34. The van der Waals surface area contributed by atoms with Gasteiger partial charge in [-0.05, 0) is 36.1 Å². The number of nitrogens with zero attached hydrogens (tertiary/aromatic N) is 2. The first-order valence-corrected chi connectivity index (χ1v) is 10.8. The van der Waals surface area contributed by atoms with Crippen molar-refractivity contribution in [2.75, 3.05) is 0 Å². The molecule has 0 spiro atoms. The zero-order valence-electron chi connectivity index (χ0n) is 16.8. The van der Waals surface area contributed by atoms with Gasteiger partial charge in [0.1, 0.15) is 0 Å². The fraction of sp³-hybridized carbons (Fsp3) is 0.174. The molecule has 8 nitrogen and oxygen atoms in total. The van der Waals surface area contributed by atoms with E-state index >= 15 is 0 Å². The van der Waals surface area contributed by atoms with Crippen LogP contribution in [0.1, 0.15) is 21.5 Å². The zero-order chi connectivity index (χ0) is 22.7. The molecule has 9 heteroatoms. The Bertz CT molecular complexity index is 1150. The topological polar surface area (TPSA) is 115 Å². The molecule has 162 valence electrons. The van der Waals surface area contributed by atoms with Gasteiger partial charge in [-0.15, -0.1) is 11.8 Å². The van der Waals surface area contributed by atoms with E-state index in [1.165, 1.54) is 5.56 Å². The zero-order valence-corrected chi connectivity index (χ0v) is 17.7. The lowest BCUT2D eigenvalue weighted by molar-refractivity contribution is -0.394. The Labute approximate surface area is 188 Å². The molecule has 0 aromatic heterocycles. The van der Waals surface area contributed by atoms with Crippen molar-refractivity contribution in [3.8, 4) is 0 Å². The van der Waals surface area contributed by atoms with Crippen LogP contribution < -0.4 is 5.32 Å². The molecule has 3 aromatic carbocycles. The Morgan fingerprint density at radius 3 is 2.00 bits per heavy atom. The molecule has 3 aromatic rings. The summed E-state index contributed by atoms with van der Waals surface area (Å²) in [6, 6.07) is 20.6. The molecule has 1 aliphatic carbocycles. The molecule has 32 heavy (non-hydrogen) atoms. The van der Waals surface area contributed by atoms with Gasteiger partial charge in [0.05, 0.1) is 21.5 Å². The molecule has 0 heterocycles. The fourth-order valence-corrected chi connectivity index (χ4v) is 5.07. The summed E-state index contributed by atoms with van der Waals surface area (Å²) >= 11 is 1.66. The number of carbonyl (C=O) groups is 1. The predicted molar refractivity (Wildman–Crippen MR) is 121 cm³/mol. The van der Waals surface area contributed by atoms with Gasteiger partial charge in [-0.3, -0.25) is 25.0 Å². The summed E-state index contributed by atoms with van der Waals surface area (Å²) in [6.07, 6.45) is 1.35. The van der Waals surface area contributed by atoms with Crippen LogP contribution in [0.25, 0.3) is 0 Å². The first-order valence-electron chi connectivity index (χ1n) is 9.94. The molecule has 1 aliphatic rings. The number of nitro benzene ring substituents is 2. The van der Waals surface area contributed by atoms with Gasteiger partial charge in [0, 0.05) is 28.3 Å². The van der Waals surface area contributed by atoms with Crippen LogP contribution in [0.5, 0.6) is 0 Å². The van der Waals surface area contributed by atoms with E-state index in [0.29, 0.717) is 6.42 Å². The maximum absolute atomic E-state index is 13.0. The van der Waals surface area contributed by atoms with E-state index in [0.717, 1.165) is 35.1 Å². The number of benzene rings is 3. The molecule has 0 bridgehead atoms. The highest BCUT2D eigenvalue weighted by molar-refractivity contribution is 8.00. The number of hydrogen-bond acceptors (Lipinski definition) is 6. The van der Waals surface area contributed by atoms with E-state index in [-0.39, 0.29) is 16.9 Å². The van der Waals surface area contributed by atoms with Gasteiger partial charge in [0.25, 0.3) is 17.3 Å². The molecule has 0 aliphatic heterocycles. The Balaban J connectivity index is 1.62. The van der Waals surface area contributed by atoms with E-state index in [4.69, 9.17) is 0 Å². The van der Waals surface area contributed by atoms with Gasteiger partial charge >= 0.3 is 0 Å². The average Bonchev–Trinajstić information content (AvgIpc) is 2.79. The van der Waals surface area contributed by atoms with Crippen LogP contribution in [0.2, 0.25) is 0 Å². The molecule has 1 amide bonds. The summed E-state index contributed by atoms with van der Waals surface area (Å²) in [5, 5.41) is 25.4. The van der Waals surface area contributed by atoms with Crippen molar-refractivity contribution in [2.24, 2.45) is 0 Å². The van der Waals surface area contributed by atoms with Crippen molar-refractivity contribution in [1.82, 2.24) is 5.32 Å². The van der Waals surface area contributed by atoms with Crippen molar-refractivity contribution >= 4 is 29.0 Å². The molecule has 0 unspecified atom stereocenters. The van der Waals surface area contributed by atoms with E-state index in [2.05, 4.69) is 11.4 Å².